The molecule has 0 unspecified atom stereocenters. The molecule has 1 aromatic rings. The van der Waals surface area contributed by atoms with Crippen LogP contribution in [0.2, 0.25) is 10.0 Å². The molecule has 1 atom stereocenters. The Morgan fingerprint density at radius 2 is 1.76 bits per heavy atom. The van der Waals surface area contributed by atoms with Gasteiger partial charge >= 0.3 is 0 Å². The molecule has 5 nitrogen and oxygen atoms in total. The number of nitrogens with zero attached hydrogens (tertiary/aromatic N) is 3. The van der Waals surface area contributed by atoms with E-state index in [1.165, 1.54) is 11.0 Å². The second-order valence-corrected chi connectivity index (χ2v) is 5.26. The van der Waals surface area contributed by atoms with Crippen LogP contribution >= 0.6 is 34.8 Å². The van der Waals surface area contributed by atoms with Gasteiger partial charge in [0.1, 0.15) is 34.8 Å². The average Bonchev–Trinajstić information content (AvgIpc) is 2.42. The van der Waals surface area contributed by atoms with Crippen LogP contribution in [0.3, 0.4) is 0 Å². The third kappa shape index (κ3) is 2.53. The van der Waals surface area contributed by atoms with Crippen molar-refractivity contribution in [2.24, 2.45) is 5.73 Å². The number of hydrogen-bond donors (Lipinski definition) is 2. The Balaban J connectivity index is 2.71. The summed E-state index contributed by atoms with van der Waals surface area (Å²) in [6, 6.07) is 8.11. The van der Waals surface area contributed by atoms with Crippen LogP contribution in [-0.2, 0) is 0 Å². The van der Waals surface area contributed by atoms with Crippen molar-refractivity contribution < 1.29 is 5.11 Å². The lowest BCUT2D eigenvalue weighted by Crippen LogP contribution is -2.36. The standard InChI is InChI=1S/C13H7Cl3N4O/c14-6-1-2-10(9(15)3-6)20-12(16)7(4-17)11(21)8(5-18)13(20)19/h1-3,11,21H,19H2/t11-/m0/s1. The van der Waals surface area contributed by atoms with Crippen LogP contribution in [0, 0.1) is 22.7 Å². The van der Waals surface area contributed by atoms with Gasteiger partial charge in [-0.15, -0.1) is 0 Å². The quantitative estimate of drug-likeness (QED) is 0.766. The molecule has 1 heterocycles. The maximum absolute atomic E-state index is 9.94. The first-order chi connectivity index (χ1) is 9.92. The van der Waals surface area contributed by atoms with Crippen LogP contribution < -0.4 is 10.6 Å². The highest BCUT2D eigenvalue weighted by Gasteiger charge is 2.34. The normalized spacial score (nSPS) is 18.6. The van der Waals surface area contributed by atoms with E-state index < -0.39 is 6.10 Å². The van der Waals surface area contributed by atoms with E-state index in [0.717, 1.165) is 0 Å². The van der Waals surface area contributed by atoms with Crippen LogP contribution in [0.4, 0.5) is 5.69 Å². The van der Waals surface area contributed by atoms with E-state index in [4.69, 9.17) is 51.1 Å². The van der Waals surface area contributed by atoms with Crippen LogP contribution in [0.5, 0.6) is 0 Å². The van der Waals surface area contributed by atoms with Gasteiger partial charge in [0.2, 0.25) is 0 Å². The summed E-state index contributed by atoms with van der Waals surface area (Å²) in [5.41, 5.74) is 5.85. The molecule has 0 aliphatic carbocycles. The Morgan fingerprint density at radius 3 is 2.29 bits per heavy atom. The second-order valence-electron chi connectivity index (χ2n) is 4.06. The number of benzene rings is 1. The topological polar surface area (TPSA) is 97.1 Å². The largest absolute Gasteiger partial charge is 0.384 e. The van der Waals surface area contributed by atoms with Gasteiger partial charge in [0, 0.05) is 5.02 Å². The van der Waals surface area contributed by atoms with Crippen molar-refractivity contribution >= 4 is 40.5 Å². The molecule has 1 aliphatic heterocycles. The average molecular weight is 342 g/mol. The van der Waals surface area contributed by atoms with Gasteiger partial charge in [0.05, 0.1) is 16.3 Å². The third-order valence-electron chi connectivity index (χ3n) is 2.87. The van der Waals surface area contributed by atoms with Crippen molar-refractivity contribution in [3.8, 4) is 12.1 Å². The molecule has 0 saturated heterocycles. The molecule has 2 rings (SSSR count). The summed E-state index contributed by atoms with van der Waals surface area (Å²) in [5, 5.41) is 28.7. The molecule has 106 valence electrons. The van der Waals surface area contributed by atoms with E-state index in [1.807, 2.05) is 0 Å². The van der Waals surface area contributed by atoms with Crippen LogP contribution in [0.15, 0.2) is 40.3 Å². The molecule has 0 spiro atoms. The van der Waals surface area contributed by atoms with Crippen molar-refractivity contribution in [3.63, 3.8) is 0 Å². The Morgan fingerprint density at radius 1 is 1.14 bits per heavy atom. The predicted molar refractivity (Wildman–Crippen MR) is 80.3 cm³/mol. The zero-order chi connectivity index (χ0) is 15.7. The SMILES string of the molecule is N#CC1=C(N)N(c2ccc(Cl)cc2Cl)C(Cl)=C(C#N)[C@@H]1O. The molecule has 3 N–H and O–H groups in total. The lowest BCUT2D eigenvalue weighted by atomic mass is 10.0. The first-order valence-electron chi connectivity index (χ1n) is 5.55. The molecule has 0 bridgehead atoms. The first-order valence-corrected chi connectivity index (χ1v) is 6.68. The molecule has 1 aliphatic rings. The van der Waals surface area contributed by atoms with Gasteiger partial charge in [-0.2, -0.15) is 10.5 Å². The molecule has 0 aromatic heterocycles. The lowest BCUT2D eigenvalue weighted by molar-refractivity contribution is 0.252. The molecule has 0 amide bonds. The van der Waals surface area contributed by atoms with Crippen molar-refractivity contribution in [2.45, 2.75) is 6.10 Å². The third-order valence-corrected chi connectivity index (χ3v) is 3.78. The Labute approximate surface area is 135 Å². The molecule has 1 aromatic carbocycles. The summed E-state index contributed by atoms with van der Waals surface area (Å²) in [6.07, 6.45) is -1.46. The number of halogens is 3. The number of anilines is 1. The first kappa shape index (κ1) is 15.5. The number of nitriles is 2. The fourth-order valence-corrected chi connectivity index (χ4v) is 2.69. The van der Waals surface area contributed by atoms with E-state index in [0.29, 0.717) is 10.7 Å². The van der Waals surface area contributed by atoms with Crippen molar-refractivity contribution in [2.75, 3.05) is 4.90 Å². The van der Waals surface area contributed by atoms with Gasteiger partial charge in [0.25, 0.3) is 0 Å². The Hall–Kier alpha value is -1.89. The van der Waals surface area contributed by atoms with Crippen molar-refractivity contribution in [1.82, 2.24) is 0 Å². The minimum atomic E-state index is -1.46. The predicted octanol–water partition coefficient (Wildman–Crippen LogP) is 2.84. The summed E-state index contributed by atoms with van der Waals surface area (Å²) in [6.45, 7) is 0. The minimum absolute atomic E-state index is 0.0989. The molecule has 0 radical (unpaired) electrons. The summed E-state index contributed by atoms with van der Waals surface area (Å²) < 4.78 is 0. The van der Waals surface area contributed by atoms with Crippen LogP contribution in [-0.4, -0.2) is 11.2 Å². The van der Waals surface area contributed by atoms with Gasteiger partial charge in [-0.05, 0) is 18.2 Å². The minimum Gasteiger partial charge on any atom is -0.384 e. The zero-order valence-corrected chi connectivity index (χ0v) is 12.6. The van der Waals surface area contributed by atoms with E-state index in [2.05, 4.69) is 0 Å². The monoisotopic (exact) mass is 340 g/mol. The molecular formula is C13H7Cl3N4O. The zero-order valence-electron chi connectivity index (χ0n) is 10.3. The molecule has 0 fully saturated rings. The number of aliphatic hydroxyl groups excluding tert-OH is 1. The maximum atomic E-state index is 9.94. The summed E-state index contributed by atoms with van der Waals surface area (Å²) in [4.78, 5) is 1.23. The Bertz CT molecular complexity index is 720. The highest BCUT2D eigenvalue weighted by Crippen LogP contribution is 2.39. The van der Waals surface area contributed by atoms with E-state index in [-0.39, 0.29) is 27.1 Å². The van der Waals surface area contributed by atoms with Crippen molar-refractivity contribution in [1.29, 1.82) is 10.5 Å². The van der Waals surface area contributed by atoms with Gasteiger partial charge in [-0.1, -0.05) is 34.8 Å². The maximum Gasteiger partial charge on any atom is 0.131 e. The fourth-order valence-electron chi connectivity index (χ4n) is 1.87. The van der Waals surface area contributed by atoms with Crippen LogP contribution in [0.1, 0.15) is 0 Å². The number of nitrogens with two attached hydrogens (primary N) is 1. The second kappa shape index (κ2) is 5.85. The fraction of sp³-hybridized carbons (Fsp3) is 0.0769. The molecular weight excluding hydrogens is 335 g/mol. The summed E-state index contributed by atoms with van der Waals surface area (Å²) in [5.74, 6) is -0.0989. The summed E-state index contributed by atoms with van der Waals surface area (Å²) >= 11 is 18.0. The lowest BCUT2D eigenvalue weighted by Gasteiger charge is -2.31. The van der Waals surface area contributed by atoms with Gasteiger partial charge < -0.3 is 10.8 Å². The van der Waals surface area contributed by atoms with Crippen LogP contribution in [0.25, 0.3) is 0 Å². The smallest absolute Gasteiger partial charge is 0.131 e. The number of aliphatic hydroxyl groups is 1. The Kier molecular flexibility index (Phi) is 4.32. The van der Waals surface area contributed by atoms with Gasteiger partial charge in [-0.3, -0.25) is 4.90 Å². The number of hydrogen-bond acceptors (Lipinski definition) is 5. The molecule has 21 heavy (non-hydrogen) atoms. The molecule has 8 heteroatoms. The van der Waals surface area contributed by atoms with Gasteiger partial charge in [0.15, 0.2) is 0 Å². The van der Waals surface area contributed by atoms with Gasteiger partial charge in [-0.25, -0.2) is 0 Å². The van der Waals surface area contributed by atoms with E-state index in [1.54, 1.807) is 24.3 Å². The summed E-state index contributed by atoms with van der Waals surface area (Å²) in [7, 11) is 0. The van der Waals surface area contributed by atoms with E-state index in [9.17, 15) is 5.11 Å². The number of rotatable bonds is 1. The van der Waals surface area contributed by atoms with E-state index >= 15 is 0 Å². The highest BCUT2D eigenvalue weighted by atomic mass is 35.5. The highest BCUT2D eigenvalue weighted by molar-refractivity contribution is 6.37. The van der Waals surface area contributed by atoms with Crippen molar-refractivity contribution in [3.05, 3.63) is 50.4 Å². The molecule has 0 saturated carbocycles.